The van der Waals surface area contributed by atoms with Crippen LogP contribution in [0, 0.1) is 12.3 Å². The molecular weight excluding hydrogens is 220 g/mol. The summed E-state index contributed by atoms with van der Waals surface area (Å²) in [6, 6.07) is -0.173. The number of carbonyl (C=O) groups excluding carboxylic acids is 1. The minimum atomic E-state index is -0.755. The fraction of sp³-hybridized carbons (Fsp3) is 0.667. The van der Waals surface area contributed by atoms with Gasteiger partial charge >= 0.3 is 12.0 Å². The van der Waals surface area contributed by atoms with E-state index in [2.05, 4.69) is 11.2 Å². The van der Waals surface area contributed by atoms with Crippen LogP contribution in [0.1, 0.15) is 32.1 Å². The van der Waals surface area contributed by atoms with Crippen LogP contribution in [0.5, 0.6) is 0 Å². The van der Waals surface area contributed by atoms with Gasteiger partial charge < -0.3 is 15.3 Å². The zero-order valence-electron chi connectivity index (χ0n) is 10.2. The van der Waals surface area contributed by atoms with Gasteiger partial charge in [-0.3, -0.25) is 4.79 Å². The Balaban J connectivity index is 3.37. The second-order valence-electron chi connectivity index (χ2n) is 3.85. The first kappa shape index (κ1) is 15.3. The summed E-state index contributed by atoms with van der Waals surface area (Å²) in [4.78, 5) is 23.0. The van der Waals surface area contributed by atoms with E-state index < -0.39 is 5.97 Å². The number of carboxylic acid groups (broad SMARTS) is 1. The normalized spacial score (nSPS) is 9.41. The van der Waals surface area contributed by atoms with E-state index >= 15 is 0 Å². The number of carboxylic acids is 1. The van der Waals surface area contributed by atoms with Crippen LogP contribution < -0.4 is 5.32 Å². The average molecular weight is 240 g/mol. The minimum absolute atomic E-state index is 0.173. The molecule has 0 radical (unpaired) electrons. The van der Waals surface area contributed by atoms with Crippen molar-refractivity contribution in [3.63, 3.8) is 0 Å². The number of hydrogen-bond donors (Lipinski definition) is 2. The molecule has 2 N–H and O–H groups in total. The van der Waals surface area contributed by atoms with E-state index in [1.807, 2.05) is 0 Å². The van der Waals surface area contributed by atoms with Crippen molar-refractivity contribution in [1.82, 2.24) is 10.2 Å². The molecule has 0 aromatic heterocycles. The number of unbranched alkanes of at least 4 members (excludes halogenated alkanes) is 3. The maximum atomic E-state index is 11.4. The van der Waals surface area contributed by atoms with Crippen LogP contribution in [0.3, 0.4) is 0 Å². The predicted octanol–water partition coefficient (Wildman–Crippen LogP) is 1.30. The molecule has 0 fully saturated rings. The molecule has 0 atom stereocenters. The zero-order valence-corrected chi connectivity index (χ0v) is 10.2. The SMILES string of the molecule is C#CCN(C)C(=O)NCCCCCCC(=O)O. The third-order valence-corrected chi connectivity index (χ3v) is 2.27. The predicted molar refractivity (Wildman–Crippen MR) is 65.6 cm³/mol. The molecule has 5 nitrogen and oxygen atoms in total. The molecule has 17 heavy (non-hydrogen) atoms. The van der Waals surface area contributed by atoms with Crippen LogP contribution in [0.15, 0.2) is 0 Å². The summed E-state index contributed by atoms with van der Waals surface area (Å²) in [6.45, 7) is 0.894. The fourth-order valence-corrected chi connectivity index (χ4v) is 1.29. The number of terminal acetylenes is 1. The highest BCUT2D eigenvalue weighted by Crippen LogP contribution is 2.02. The van der Waals surface area contributed by atoms with E-state index in [-0.39, 0.29) is 12.5 Å². The number of amides is 2. The first-order chi connectivity index (χ1) is 8.07. The van der Waals surface area contributed by atoms with Crippen molar-refractivity contribution in [2.45, 2.75) is 32.1 Å². The highest BCUT2D eigenvalue weighted by molar-refractivity contribution is 5.74. The highest BCUT2D eigenvalue weighted by Gasteiger charge is 2.04. The first-order valence-electron chi connectivity index (χ1n) is 5.72. The molecule has 0 bridgehead atoms. The molecule has 0 heterocycles. The van der Waals surface area contributed by atoms with Gasteiger partial charge in [-0.15, -0.1) is 6.42 Å². The average Bonchev–Trinajstić information content (AvgIpc) is 2.27. The van der Waals surface area contributed by atoms with Crippen molar-refractivity contribution in [2.24, 2.45) is 0 Å². The molecule has 0 rings (SSSR count). The van der Waals surface area contributed by atoms with Crippen LogP contribution in [-0.4, -0.2) is 42.1 Å². The second-order valence-corrected chi connectivity index (χ2v) is 3.85. The number of rotatable bonds is 8. The largest absolute Gasteiger partial charge is 0.481 e. The van der Waals surface area contributed by atoms with Gasteiger partial charge in [0.15, 0.2) is 0 Å². The molecule has 0 saturated carbocycles. The summed E-state index contributed by atoms with van der Waals surface area (Å²) in [5.74, 6) is 1.63. The lowest BCUT2D eigenvalue weighted by Gasteiger charge is -2.14. The maximum Gasteiger partial charge on any atom is 0.317 e. The molecule has 0 saturated heterocycles. The third kappa shape index (κ3) is 9.24. The smallest absolute Gasteiger partial charge is 0.317 e. The first-order valence-corrected chi connectivity index (χ1v) is 5.72. The molecule has 0 unspecified atom stereocenters. The minimum Gasteiger partial charge on any atom is -0.481 e. The Hall–Kier alpha value is -1.70. The molecule has 0 aliphatic heterocycles. The summed E-state index contributed by atoms with van der Waals surface area (Å²) in [5.41, 5.74) is 0. The molecule has 96 valence electrons. The Morgan fingerprint density at radius 3 is 2.53 bits per heavy atom. The Morgan fingerprint density at radius 1 is 1.29 bits per heavy atom. The van der Waals surface area contributed by atoms with Crippen molar-refractivity contribution in [3.8, 4) is 12.3 Å². The van der Waals surface area contributed by atoms with Crippen LogP contribution in [0.4, 0.5) is 4.79 Å². The monoisotopic (exact) mass is 240 g/mol. The van der Waals surface area contributed by atoms with Crippen LogP contribution in [-0.2, 0) is 4.79 Å². The number of aliphatic carboxylic acids is 1. The van der Waals surface area contributed by atoms with Gasteiger partial charge in [0.25, 0.3) is 0 Å². The van der Waals surface area contributed by atoms with Crippen molar-refractivity contribution in [2.75, 3.05) is 20.1 Å². The Labute approximate surface area is 102 Å². The number of nitrogens with zero attached hydrogens (tertiary/aromatic N) is 1. The van der Waals surface area contributed by atoms with E-state index in [0.717, 1.165) is 19.3 Å². The van der Waals surface area contributed by atoms with Gasteiger partial charge in [0, 0.05) is 20.0 Å². The van der Waals surface area contributed by atoms with Crippen LogP contribution in [0.2, 0.25) is 0 Å². The lowest BCUT2D eigenvalue weighted by atomic mass is 10.1. The molecule has 0 aromatic carbocycles. The van der Waals surface area contributed by atoms with E-state index in [1.54, 1.807) is 7.05 Å². The molecule has 0 aliphatic rings. The van der Waals surface area contributed by atoms with E-state index in [9.17, 15) is 9.59 Å². The standard InChI is InChI=1S/C12H20N2O3/c1-3-10-14(2)12(17)13-9-7-5-4-6-8-11(15)16/h1H,4-10H2,2H3,(H,13,17)(H,15,16). The number of urea groups is 1. The van der Waals surface area contributed by atoms with E-state index in [4.69, 9.17) is 11.5 Å². The summed E-state index contributed by atoms with van der Waals surface area (Å²) in [5, 5.41) is 11.2. The van der Waals surface area contributed by atoms with Gasteiger partial charge in [0.1, 0.15) is 0 Å². The van der Waals surface area contributed by atoms with Crippen molar-refractivity contribution in [3.05, 3.63) is 0 Å². The van der Waals surface area contributed by atoms with Gasteiger partial charge in [-0.05, 0) is 12.8 Å². The Kier molecular flexibility index (Phi) is 8.57. The highest BCUT2D eigenvalue weighted by atomic mass is 16.4. The summed E-state index contributed by atoms with van der Waals surface area (Å²) in [6.07, 6.45) is 8.65. The van der Waals surface area contributed by atoms with Gasteiger partial charge in [-0.1, -0.05) is 18.8 Å². The molecular formula is C12H20N2O3. The van der Waals surface area contributed by atoms with Gasteiger partial charge in [-0.25, -0.2) is 4.79 Å². The molecule has 0 aliphatic carbocycles. The van der Waals surface area contributed by atoms with Gasteiger partial charge in [-0.2, -0.15) is 0 Å². The zero-order chi connectivity index (χ0) is 13.1. The molecule has 5 heteroatoms. The topological polar surface area (TPSA) is 69.6 Å². The number of carbonyl (C=O) groups is 2. The third-order valence-electron chi connectivity index (χ3n) is 2.27. The van der Waals surface area contributed by atoms with E-state index in [0.29, 0.717) is 19.5 Å². The molecule has 0 aromatic rings. The van der Waals surface area contributed by atoms with Crippen LogP contribution in [0.25, 0.3) is 0 Å². The van der Waals surface area contributed by atoms with Gasteiger partial charge in [0.2, 0.25) is 0 Å². The molecule has 2 amide bonds. The van der Waals surface area contributed by atoms with E-state index in [1.165, 1.54) is 4.90 Å². The van der Waals surface area contributed by atoms with Crippen LogP contribution >= 0.6 is 0 Å². The lowest BCUT2D eigenvalue weighted by molar-refractivity contribution is -0.137. The van der Waals surface area contributed by atoms with Gasteiger partial charge in [0.05, 0.1) is 6.54 Å². The number of nitrogens with one attached hydrogen (secondary N) is 1. The second kappa shape index (κ2) is 9.52. The quantitative estimate of drug-likeness (QED) is 0.496. The van der Waals surface area contributed by atoms with Crippen molar-refractivity contribution >= 4 is 12.0 Å². The Morgan fingerprint density at radius 2 is 1.94 bits per heavy atom. The fourth-order valence-electron chi connectivity index (χ4n) is 1.29. The number of hydrogen-bond acceptors (Lipinski definition) is 2. The lowest BCUT2D eigenvalue weighted by Crippen LogP contribution is -2.37. The van der Waals surface area contributed by atoms with Crippen molar-refractivity contribution in [1.29, 1.82) is 0 Å². The molecule has 0 spiro atoms. The summed E-state index contributed by atoms with van der Waals surface area (Å²) in [7, 11) is 1.64. The summed E-state index contributed by atoms with van der Waals surface area (Å²) < 4.78 is 0. The van der Waals surface area contributed by atoms with Crippen molar-refractivity contribution < 1.29 is 14.7 Å². The summed E-state index contributed by atoms with van der Waals surface area (Å²) >= 11 is 0. The maximum absolute atomic E-state index is 11.4. The Bertz CT molecular complexity index is 284.